The van der Waals surface area contributed by atoms with E-state index in [1.165, 1.54) is 29.0 Å². The highest BCUT2D eigenvalue weighted by molar-refractivity contribution is 7.17. The SMILES string of the molecule is CC1(C)CC[C@@H]([C@H](O)c2c(C3CC3)sc3cncn23)C1. The summed E-state index contributed by atoms with van der Waals surface area (Å²) in [6, 6.07) is 0. The topological polar surface area (TPSA) is 37.5 Å². The minimum atomic E-state index is -0.324. The Bertz CT molecular complexity index is 638. The molecular formula is C16H22N2OS. The van der Waals surface area contributed by atoms with Gasteiger partial charge in [-0.3, -0.25) is 4.40 Å². The number of hydrogen-bond acceptors (Lipinski definition) is 3. The van der Waals surface area contributed by atoms with Crippen LogP contribution in [0.4, 0.5) is 0 Å². The molecule has 0 aromatic carbocycles. The molecule has 0 aliphatic heterocycles. The predicted octanol–water partition coefficient (Wildman–Crippen LogP) is 4.13. The van der Waals surface area contributed by atoms with E-state index in [4.69, 9.17) is 0 Å². The molecule has 2 aromatic rings. The second-order valence-electron chi connectivity index (χ2n) is 7.34. The number of hydrogen-bond donors (Lipinski definition) is 1. The van der Waals surface area contributed by atoms with Gasteiger partial charge in [0.25, 0.3) is 0 Å². The van der Waals surface area contributed by atoms with E-state index in [1.807, 2.05) is 23.9 Å². The first kappa shape index (κ1) is 12.8. The van der Waals surface area contributed by atoms with Gasteiger partial charge in [0.1, 0.15) is 11.2 Å². The average Bonchev–Trinajstić information content (AvgIpc) is 2.86. The van der Waals surface area contributed by atoms with Crippen molar-refractivity contribution in [1.82, 2.24) is 9.38 Å². The molecule has 20 heavy (non-hydrogen) atoms. The van der Waals surface area contributed by atoms with Crippen LogP contribution in [0.2, 0.25) is 0 Å². The third kappa shape index (κ3) is 2.01. The number of aliphatic hydroxyl groups is 1. The Morgan fingerprint density at radius 1 is 1.40 bits per heavy atom. The first-order chi connectivity index (χ1) is 9.55. The van der Waals surface area contributed by atoms with Crippen LogP contribution >= 0.6 is 11.3 Å². The Morgan fingerprint density at radius 2 is 2.20 bits per heavy atom. The molecule has 4 rings (SSSR count). The third-order valence-corrected chi connectivity index (χ3v) is 6.29. The molecule has 0 bridgehead atoms. The molecule has 2 aliphatic carbocycles. The number of thiazole rings is 1. The quantitative estimate of drug-likeness (QED) is 0.922. The van der Waals surface area contributed by atoms with Gasteiger partial charge in [-0.05, 0) is 49.4 Å². The second-order valence-corrected chi connectivity index (χ2v) is 8.40. The Labute approximate surface area is 123 Å². The molecule has 2 aliphatic rings. The van der Waals surface area contributed by atoms with E-state index < -0.39 is 0 Å². The lowest BCUT2D eigenvalue weighted by Gasteiger charge is -2.22. The maximum absolute atomic E-state index is 11.0. The van der Waals surface area contributed by atoms with Crippen LogP contribution in [-0.4, -0.2) is 14.5 Å². The van der Waals surface area contributed by atoms with Gasteiger partial charge in [-0.15, -0.1) is 11.3 Å². The first-order valence-electron chi connectivity index (χ1n) is 7.68. The number of fused-ring (bicyclic) bond motifs is 1. The van der Waals surface area contributed by atoms with E-state index in [9.17, 15) is 5.11 Å². The molecule has 0 unspecified atom stereocenters. The lowest BCUT2D eigenvalue weighted by atomic mass is 9.88. The van der Waals surface area contributed by atoms with Gasteiger partial charge in [0.2, 0.25) is 0 Å². The molecule has 3 nitrogen and oxygen atoms in total. The van der Waals surface area contributed by atoms with Gasteiger partial charge in [-0.25, -0.2) is 4.98 Å². The Balaban J connectivity index is 1.73. The van der Waals surface area contributed by atoms with Crippen molar-refractivity contribution in [3.05, 3.63) is 23.1 Å². The van der Waals surface area contributed by atoms with Crippen molar-refractivity contribution in [3.8, 4) is 0 Å². The monoisotopic (exact) mass is 290 g/mol. The third-order valence-electron chi connectivity index (χ3n) is 5.01. The van der Waals surface area contributed by atoms with Crippen molar-refractivity contribution in [3.63, 3.8) is 0 Å². The highest BCUT2D eigenvalue weighted by Gasteiger charge is 2.39. The molecule has 2 aromatic heterocycles. The largest absolute Gasteiger partial charge is 0.387 e. The number of aliphatic hydroxyl groups excluding tert-OH is 1. The highest BCUT2D eigenvalue weighted by atomic mass is 32.1. The van der Waals surface area contributed by atoms with E-state index in [0.29, 0.717) is 17.3 Å². The molecule has 2 heterocycles. The maximum Gasteiger partial charge on any atom is 0.120 e. The predicted molar refractivity (Wildman–Crippen MR) is 81.1 cm³/mol. The summed E-state index contributed by atoms with van der Waals surface area (Å²) >= 11 is 1.83. The summed E-state index contributed by atoms with van der Waals surface area (Å²) in [4.78, 5) is 6.84. The van der Waals surface area contributed by atoms with Crippen molar-refractivity contribution in [2.75, 3.05) is 0 Å². The van der Waals surface area contributed by atoms with Crippen molar-refractivity contribution in [2.45, 2.75) is 58.0 Å². The second kappa shape index (κ2) is 4.31. The molecule has 108 valence electrons. The Kier molecular flexibility index (Phi) is 2.77. The number of imidazole rings is 1. The van der Waals surface area contributed by atoms with E-state index in [0.717, 1.165) is 18.5 Å². The van der Waals surface area contributed by atoms with Crippen molar-refractivity contribution < 1.29 is 5.11 Å². The summed E-state index contributed by atoms with van der Waals surface area (Å²) in [6.45, 7) is 4.64. The Hall–Kier alpha value is -0.870. The minimum absolute atomic E-state index is 0.324. The molecule has 2 atom stereocenters. The van der Waals surface area contributed by atoms with Crippen LogP contribution in [0.15, 0.2) is 12.5 Å². The van der Waals surface area contributed by atoms with Crippen LogP contribution in [0.25, 0.3) is 4.83 Å². The minimum Gasteiger partial charge on any atom is -0.387 e. The zero-order valence-electron chi connectivity index (χ0n) is 12.2. The highest BCUT2D eigenvalue weighted by Crippen LogP contribution is 2.51. The molecule has 1 N–H and O–H groups in total. The standard InChI is InChI=1S/C16H22N2OS/c1-16(2)6-5-11(7-16)14(19)13-15(10-3-4-10)20-12-8-17-9-18(12)13/h8-11,14,19H,3-7H2,1-2H3/t11-,14+/m1/s1. The molecular weight excluding hydrogens is 268 g/mol. The van der Waals surface area contributed by atoms with Crippen LogP contribution in [0.3, 0.4) is 0 Å². The molecule has 0 spiro atoms. The van der Waals surface area contributed by atoms with E-state index >= 15 is 0 Å². The van der Waals surface area contributed by atoms with Crippen LogP contribution < -0.4 is 0 Å². The van der Waals surface area contributed by atoms with Gasteiger partial charge < -0.3 is 5.11 Å². The molecule has 2 fully saturated rings. The van der Waals surface area contributed by atoms with E-state index in [-0.39, 0.29) is 6.10 Å². The van der Waals surface area contributed by atoms with Gasteiger partial charge in [0.05, 0.1) is 18.0 Å². The lowest BCUT2D eigenvalue weighted by molar-refractivity contribution is 0.0995. The van der Waals surface area contributed by atoms with Crippen LogP contribution in [0.5, 0.6) is 0 Å². The summed E-state index contributed by atoms with van der Waals surface area (Å²) in [7, 11) is 0. The molecule has 2 saturated carbocycles. The van der Waals surface area contributed by atoms with Crippen molar-refractivity contribution in [2.24, 2.45) is 11.3 Å². The summed E-state index contributed by atoms with van der Waals surface area (Å²) < 4.78 is 2.13. The van der Waals surface area contributed by atoms with Gasteiger partial charge >= 0.3 is 0 Å². The maximum atomic E-state index is 11.0. The zero-order chi connectivity index (χ0) is 13.9. The van der Waals surface area contributed by atoms with Crippen LogP contribution in [0, 0.1) is 11.3 Å². The number of nitrogens with zero attached hydrogens (tertiary/aromatic N) is 2. The van der Waals surface area contributed by atoms with Gasteiger partial charge in [0.15, 0.2) is 0 Å². The number of rotatable bonds is 3. The van der Waals surface area contributed by atoms with Gasteiger partial charge in [-0.1, -0.05) is 13.8 Å². The van der Waals surface area contributed by atoms with Crippen LogP contribution in [-0.2, 0) is 0 Å². The van der Waals surface area contributed by atoms with Crippen LogP contribution in [0.1, 0.15) is 68.5 Å². The van der Waals surface area contributed by atoms with Gasteiger partial charge in [0, 0.05) is 4.88 Å². The normalized spacial score (nSPS) is 27.2. The van der Waals surface area contributed by atoms with Gasteiger partial charge in [-0.2, -0.15) is 0 Å². The van der Waals surface area contributed by atoms with E-state index in [2.05, 4.69) is 23.2 Å². The fraction of sp³-hybridized carbons (Fsp3) is 0.688. The fourth-order valence-corrected chi connectivity index (χ4v) is 5.04. The fourth-order valence-electron chi connectivity index (χ4n) is 3.73. The van der Waals surface area contributed by atoms with Crippen molar-refractivity contribution >= 4 is 16.2 Å². The summed E-state index contributed by atoms with van der Waals surface area (Å²) in [6.07, 6.45) is 9.54. The lowest BCUT2D eigenvalue weighted by Crippen LogP contribution is -2.15. The summed E-state index contributed by atoms with van der Waals surface area (Å²) in [5.41, 5.74) is 1.53. The van der Waals surface area contributed by atoms with E-state index in [1.54, 1.807) is 0 Å². The molecule has 4 heteroatoms. The molecule has 0 saturated heterocycles. The average molecular weight is 290 g/mol. The Morgan fingerprint density at radius 3 is 2.85 bits per heavy atom. The molecule has 0 radical (unpaired) electrons. The summed E-state index contributed by atoms with van der Waals surface area (Å²) in [5.74, 6) is 1.10. The number of aromatic nitrogens is 2. The smallest absolute Gasteiger partial charge is 0.120 e. The first-order valence-corrected chi connectivity index (χ1v) is 8.49. The molecule has 0 amide bonds. The summed E-state index contributed by atoms with van der Waals surface area (Å²) in [5, 5.41) is 11.0. The van der Waals surface area contributed by atoms with Crippen molar-refractivity contribution in [1.29, 1.82) is 0 Å². The zero-order valence-corrected chi connectivity index (χ0v) is 13.0.